The fourth-order valence-electron chi connectivity index (χ4n) is 0.964. The predicted molar refractivity (Wildman–Crippen MR) is 45.2 cm³/mol. The molecule has 0 saturated carbocycles. The minimum absolute atomic E-state index is 0.0738. The summed E-state index contributed by atoms with van der Waals surface area (Å²) in [5.74, 6) is 0.690. The highest BCUT2D eigenvalue weighted by molar-refractivity contribution is 5.39. The van der Waals surface area contributed by atoms with E-state index >= 15 is 0 Å². The zero-order valence-corrected chi connectivity index (χ0v) is 6.95. The molecule has 0 fully saturated rings. The lowest BCUT2D eigenvalue weighted by Crippen LogP contribution is -1.96. The normalized spacial score (nSPS) is 9.83. The molecule has 1 aromatic rings. The number of ether oxygens (including phenoxy) is 1. The first kappa shape index (κ1) is 8.87. The van der Waals surface area contributed by atoms with Crippen molar-refractivity contribution < 1.29 is 14.9 Å². The molecule has 0 radical (unpaired) electrons. The highest BCUT2D eigenvalue weighted by atomic mass is 16.5. The summed E-state index contributed by atoms with van der Waals surface area (Å²) in [5.41, 5.74) is 0.689. The Morgan fingerprint density at radius 3 is 2.75 bits per heavy atom. The van der Waals surface area contributed by atoms with Gasteiger partial charge in [-0.1, -0.05) is 0 Å². The van der Waals surface area contributed by atoms with Crippen molar-refractivity contribution in [3.05, 3.63) is 23.8 Å². The van der Waals surface area contributed by atoms with E-state index in [0.717, 1.165) is 0 Å². The van der Waals surface area contributed by atoms with Crippen LogP contribution in [0.1, 0.15) is 12.5 Å². The van der Waals surface area contributed by atoms with Gasteiger partial charge in [-0.3, -0.25) is 0 Å². The lowest BCUT2D eigenvalue weighted by atomic mass is 10.2. The fraction of sp³-hybridized carbons (Fsp3) is 0.333. The van der Waals surface area contributed by atoms with Crippen LogP contribution in [0.15, 0.2) is 18.2 Å². The molecule has 0 amide bonds. The van der Waals surface area contributed by atoms with E-state index in [1.54, 1.807) is 6.07 Å². The number of rotatable bonds is 3. The van der Waals surface area contributed by atoms with Gasteiger partial charge in [-0.15, -0.1) is 0 Å². The molecule has 3 heteroatoms. The summed E-state index contributed by atoms with van der Waals surface area (Å²) in [6.45, 7) is 2.30. The topological polar surface area (TPSA) is 49.7 Å². The number of hydrogen-bond donors (Lipinski definition) is 2. The number of aliphatic hydroxyl groups is 1. The third-order valence-corrected chi connectivity index (χ3v) is 1.52. The van der Waals surface area contributed by atoms with Crippen molar-refractivity contribution in [1.29, 1.82) is 0 Å². The van der Waals surface area contributed by atoms with Crippen molar-refractivity contribution in [3.8, 4) is 11.5 Å². The van der Waals surface area contributed by atoms with Gasteiger partial charge >= 0.3 is 0 Å². The number of aromatic hydroxyl groups is 1. The molecule has 0 aliphatic rings. The van der Waals surface area contributed by atoms with E-state index in [2.05, 4.69) is 0 Å². The van der Waals surface area contributed by atoms with Gasteiger partial charge in [0, 0.05) is 11.6 Å². The van der Waals surface area contributed by atoms with Crippen LogP contribution in [0.25, 0.3) is 0 Å². The van der Waals surface area contributed by atoms with Crippen LogP contribution in [0.3, 0.4) is 0 Å². The van der Waals surface area contributed by atoms with Gasteiger partial charge in [0.15, 0.2) is 0 Å². The van der Waals surface area contributed by atoms with E-state index < -0.39 is 0 Å². The summed E-state index contributed by atoms with van der Waals surface area (Å²) < 4.78 is 5.19. The quantitative estimate of drug-likeness (QED) is 0.714. The smallest absolute Gasteiger partial charge is 0.128 e. The molecule has 0 aromatic heterocycles. The van der Waals surface area contributed by atoms with Gasteiger partial charge in [-0.05, 0) is 19.1 Å². The SMILES string of the molecule is CCOc1cc(O)ccc1CO. The molecule has 1 aromatic carbocycles. The minimum Gasteiger partial charge on any atom is -0.508 e. The molecule has 0 bridgehead atoms. The first-order chi connectivity index (χ1) is 5.77. The zero-order valence-electron chi connectivity index (χ0n) is 6.95. The average molecular weight is 168 g/mol. The maximum atomic E-state index is 9.10. The lowest BCUT2D eigenvalue weighted by molar-refractivity contribution is 0.266. The number of phenolic OH excluding ortho intramolecular Hbond substituents is 1. The monoisotopic (exact) mass is 168 g/mol. The summed E-state index contributed by atoms with van der Waals surface area (Å²) in [4.78, 5) is 0. The van der Waals surface area contributed by atoms with E-state index in [0.29, 0.717) is 17.9 Å². The van der Waals surface area contributed by atoms with Gasteiger partial charge < -0.3 is 14.9 Å². The summed E-state index contributed by atoms with van der Waals surface area (Å²) >= 11 is 0. The second kappa shape index (κ2) is 3.97. The van der Waals surface area contributed by atoms with Gasteiger partial charge in [0.1, 0.15) is 11.5 Å². The molecule has 0 aliphatic heterocycles. The molecule has 0 saturated heterocycles. The Labute approximate surface area is 71.2 Å². The van der Waals surface area contributed by atoms with Crippen LogP contribution in [-0.2, 0) is 6.61 Å². The Balaban J connectivity index is 2.95. The fourth-order valence-corrected chi connectivity index (χ4v) is 0.964. The van der Waals surface area contributed by atoms with E-state index in [-0.39, 0.29) is 12.4 Å². The second-order valence-electron chi connectivity index (χ2n) is 2.38. The molecule has 66 valence electrons. The first-order valence-electron chi connectivity index (χ1n) is 3.83. The third kappa shape index (κ3) is 1.89. The van der Waals surface area contributed by atoms with Crippen molar-refractivity contribution in [2.75, 3.05) is 6.61 Å². The highest BCUT2D eigenvalue weighted by Gasteiger charge is 2.02. The largest absolute Gasteiger partial charge is 0.508 e. The average Bonchev–Trinajstić information content (AvgIpc) is 2.05. The van der Waals surface area contributed by atoms with E-state index in [9.17, 15) is 0 Å². The summed E-state index contributed by atoms with van der Waals surface area (Å²) in [6, 6.07) is 4.66. The number of hydrogen-bond acceptors (Lipinski definition) is 3. The van der Waals surface area contributed by atoms with E-state index in [1.165, 1.54) is 12.1 Å². The van der Waals surface area contributed by atoms with Crippen molar-refractivity contribution in [3.63, 3.8) is 0 Å². The van der Waals surface area contributed by atoms with Crippen molar-refractivity contribution in [2.45, 2.75) is 13.5 Å². The Morgan fingerprint density at radius 1 is 1.42 bits per heavy atom. The van der Waals surface area contributed by atoms with E-state index in [1.807, 2.05) is 6.92 Å². The molecule has 12 heavy (non-hydrogen) atoms. The lowest BCUT2D eigenvalue weighted by Gasteiger charge is -2.07. The van der Waals surface area contributed by atoms with Crippen LogP contribution >= 0.6 is 0 Å². The summed E-state index contributed by atoms with van der Waals surface area (Å²) in [7, 11) is 0. The Morgan fingerprint density at radius 2 is 2.17 bits per heavy atom. The van der Waals surface area contributed by atoms with Gasteiger partial charge in [-0.25, -0.2) is 0 Å². The van der Waals surface area contributed by atoms with E-state index in [4.69, 9.17) is 14.9 Å². The Hall–Kier alpha value is -1.22. The molecule has 3 nitrogen and oxygen atoms in total. The van der Waals surface area contributed by atoms with Gasteiger partial charge in [0.2, 0.25) is 0 Å². The van der Waals surface area contributed by atoms with Crippen LogP contribution in [0.5, 0.6) is 11.5 Å². The second-order valence-corrected chi connectivity index (χ2v) is 2.38. The standard InChI is InChI=1S/C9H12O3/c1-2-12-9-5-8(11)4-3-7(9)6-10/h3-5,10-11H,2,6H2,1H3. The van der Waals surface area contributed by atoms with Crippen LogP contribution in [0.4, 0.5) is 0 Å². The number of benzene rings is 1. The van der Waals surface area contributed by atoms with Crippen molar-refractivity contribution in [1.82, 2.24) is 0 Å². The molecular formula is C9H12O3. The van der Waals surface area contributed by atoms with Crippen LogP contribution < -0.4 is 4.74 Å². The predicted octanol–water partition coefficient (Wildman–Crippen LogP) is 1.28. The summed E-state index contributed by atoms with van der Waals surface area (Å²) in [6.07, 6.45) is 0. The van der Waals surface area contributed by atoms with Crippen molar-refractivity contribution >= 4 is 0 Å². The maximum absolute atomic E-state index is 9.10. The van der Waals surface area contributed by atoms with Crippen molar-refractivity contribution in [2.24, 2.45) is 0 Å². The molecular weight excluding hydrogens is 156 g/mol. The molecule has 0 spiro atoms. The summed E-state index contributed by atoms with van der Waals surface area (Å²) in [5, 5.41) is 18.0. The highest BCUT2D eigenvalue weighted by Crippen LogP contribution is 2.23. The van der Waals surface area contributed by atoms with Crippen LogP contribution in [0.2, 0.25) is 0 Å². The molecule has 0 aliphatic carbocycles. The Kier molecular flexibility index (Phi) is 2.94. The van der Waals surface area contributed by atoms with Gasteiger partial charge in [0.25, 0.3) is 0 Å². The van der Waals surface area contributed by atoms with Gasteiger partial charge in [-0.2, -0.15) is 0 Å². The van der Waals surface area contributed by atoms with Crippen LogP contribution in [0, 0.1) is 0 Å². The molecule has 2 N–H and O–H groups in total. The Bertz CT molecular complexity index is 258. The third-order valence-electron chi connectivity index (χ3n) is 1.52. The first-order valence-corrected chi connectivity index (χ1v) is 3.83. The molecule has 0 unspecified atom stereocenters. The molecule has 0 heterocycles. The number of aliphatic hydroxyl groups excluding tert-OH is 1. The molecule has 1 rings (SSSR count). The van der Waals surface area contributed by atoms with Gasteiger partial charge in [0.05, 0.1) is 13.2 Å². The number of phenols is 1. The maximum Gasteiger partial charge on any atom is 0.128 e. The minimum atomic E-state index is -0.0738. The zero-order chi connectivity index (χ0) is 8.97. The van der Waals surface area contributed by atoms with Crippen LogP contribution in [-0.4, -0.2) is 16.8 Å². The molecule has 0 atom stereocenters.